The van der Waals surface area contributed by atoms with E-state index in [4.69, 9.17) is 10.5 Å². The quantitative estimate of drug-likeness (QED) is 0.752. The van der Waals surface area contributed by atoms with Crippen LogP contribution in [-0.2, 0) is 11.3 Å². The van der Waals surface area contributed by atoms with Crippen LogP contribution in [0.4, 0.5) is 0 Å². The molecule has 16 heavy (non-hydrogen) atoms. The summed E-state index contributed by atoms with van der Waals surface area (Å²) < 4.78 is 5.59. The Bertz CT molecular complexity index is 335. The van der Waals surface area contributed by atoms with Crippen molar-refractivity contribution in [2.45, 2.75) is 19.6 Å². The molecule has 3 N–H and O–H groups in total. The van der Waals surface area contributed by atoms with Crippen LogP contribution in [0.1, 0.15) is 22.8 Å². The summed E-state index contributed by atoms with van der Waals surface area (Å²) in [4.78, 5) is 10.8. The summed E-state index contributed by atoms with van der Waals surface area (Å²) in [6, 6.07) is 7.13. The van der Waals surface area contributed by atoms with Gasteiger partial charge in [0.05, 0.1) is 12.7 Å². The molecule has 0 spiro atoms. The van der Waals surface area contributed by atoms with Gasteiger partial charge in [-0.15, -0.1) is 0 Å². The van der Waals surface area contributed by atoms with Crippen molar-refractivity contribution >= 4 is 5.91 Å². The SMILES string of the molecule is CNCC(C)OCc1ccc(C(N)=O)cc1. The molecule has 0 aliphatic heterocycles. The van der Waals surface area contributed by atoms with Crippen molar-refractivity contribution in [2.24, 2.45) is 5.73 Å². The van der Waals surface area contributed by atoms with Crippen molar-refractivity contribution in [2.75, 3.05) is 13.6 Å². The molecule has 0 bridgehead atoms. The molecular weight excluding hydrogens is 204 g/mol. The molecule has 0 aliphatic carbocycles. The average Bonchev–Trinajstić information content (AvgIpc) is 2.27. The molecule has 0 heterocycles. The molecule has 1 amide bonds. The highest BCUT2D eigenvalue weighted by Crippen LogP contribution is 2.06. The number of nitrogens with two attached hydrogens (primary N) is 1. The van der Waals surface area contributed by atoms with Crippen LogP contribution in [0.2, 0.25) is 0 Å². The predicted molar refractivity (Wildman–Crippen MR) is 63.1 cm³/mol. The third kappa shape index (κ3) is 4.00. The topological polar surface area (TPSA) is 64.3 Å². The monoisotopic (exact) mass is 222 g/mol. The molecule has 0 saturated heterocycles. The summed E-state index contributed by atoms with van der Waals surface area (Å²) in [5.74, 6) is -0.406. The number of nitrogens with one attached hydrogen (secondary N) is 1. The lowest BCUT2D eigenvalue weighted by Gasteiger charge is -2.12. The molecular formula is C12H18N2O2. The van der Waals surface area contributed by atoms with Crippen molar-refractivity contribution in [3.63, 3.8) is 0 Å². The fourth-order valence-corrected chi connectivity index (χ4v) is 1.35. The number of amides is 1. The maximum Gasteiger partial charge on any atom is 0.248 e. The van der Waals surface area contributed by atoms with E-state index in [0.717, 1.165) is 12.1 Å². The zero-order chi connectivity index (χ0) is 12.0. The Hall–Kier alpha value is -1.39. The molecule has 0 saturated carbocycles. The van der Waals surface area contributed by atoms with Gasteiger partial charge < -0.3 is 15.8 Å². The standard InChI is InChI=1S/C12H18N2O2/c1-9(7-14-2)16-8-10-3-5-11(6-4-10)12(13)15/h3-6,9,14H,7-8H2,1-2H3,(H2,13,15). The summed E-state index contributed by atoms with van der Waals surface area (Å²) in [5.41, 5.74) is 6.70. The lowest BCUT2D eigenvalue weighted by atomic mass is 10.1. The highest BCUT2D eigenvalue weighted by molar-refractivity contribution is 5.92. The Morgan fingerprint density at radius 2 is 2.06 bits per heavy atom. The van der Waals surface area contributed by atoms with E-state index < -0.39 is 5.91 Å². The number of ether oxygens (including phenoxy) is 1. The van der Waals surface area contributed by atoms with E-state index in [-0.39, 0.29) is 6.10 Å². The van der Waals surface area contributed by atoms with Gasteiger partial charge in [-0.3, -0.25) is 4.79 Å². The number of benzene rings is 1. The summed E-state index contributed by atoms with van der Waals surface area (Å²) >= 11 is 0. The van der Waals surface area contributed by atoms with E-state index in [9.17, 15) is 4.79 Å². The molecule has 1 atom stereocenters. The van der Waals surface area contributed by atoms with Crippen LogP contribution in [0, 0.1) is 0 Å². The van der Waals surface area contributed by atoms with Crippen LogP contribution in [0.3, 0.4) is 0 Å². The molecule has 0 aromatic heterocycles. The van der Waals surface area contributed by atoms with Gasteiger partial charge in [0.2, 0.25) is 5.91 Å². The van der Waals surface area contributed by atoms with Gasteiger partial charge in [-0.05, 0) is 31.7 Å². The minimum absolute atomic E-state index is 0.167. The maximum absolute atomic E-state index is 10.8. The largest absolute Gasteiger partial charge is 0.373 e. The highest BCUT2D eigenvalue weighted by Gasteiger charge is 2.02. The summed E-state index contributed by atoms with van der Waals surface area (Å²) in [6.45, 7) is 3.37. The van der Waals surface area contributed by atoms with Gasteiger partial charge in [-0.1, -0.05) is 12.1 Å². The van der Waals surface area contributed by atoms with Crippen molar-refractivity contribution in [1.29, 1.82) is 0 Å². The minimum Gasteiger partial charge on any atom is -0.373 e. The number of hydrogen-bond acceptors (Lipinski definition) is 3. The summed E-state index contributed by atoms with van der Waals surface area (Å²) in [7, 11) is 1.89. The first-order chi connectivity index (χ1) is 7.63. The highest BCUT2D eigenvalue weighted by atomic mass is 16.5. The van der Waals surface area contributed by atoms with Gasteiger partial charge in [-0.2, -0.15) is 0 Å². The first kappa shape index (κ1) is 12.7. The van der Waals surface area contributed by atoms with Crippen LogP contribution in [0.25, 0.3) is 0 Å². The van der Waals surface area contributed by atoms with E-state index in [1.807, 2.05) is 26.1 Å². The molecule has 1 aromatic carbocycles. The first-order valence-corrected chi connectivity index (χ1v) is 5.28. The van der Waals surface area contributed by atoms with Crippen molar-refractivity contribution in [3.05, 3.63) is 35.4 Å². The Balaban J connectivity index is 2.46. The molecule has 1 aromatic rings. The molecule has 0 aliphatic rings. The van der Waals surface area contributed by atoms with Gasteiger partial charge in [0.1, 0.15) is 0 Å². The van der Waals surface area contributed by atoms with E-state index in [2.05, 4.69) is 5.32 Å². The minimum atomic E-state index is -0.406. The van der Waals surface area contributed by atoms with E-state index in [1.54, 1.807) is 12.1 Å². The van der Waals surface area contributed by atoms with E-state index >= 15 is 0 Å². The van der Waals surface area contributed by atoms with Crippen molar-refractivity contribution in [1.82, 2.24) is 5.32 Å². The number of carbonyl (C=O) groups is 1. The second-order valence-electron chi connectivity index (χ2n) is 3.74. The Labute approximate surface area is 95.8 Å². The van der Waals surface area contributed by atoms with E-state index in [1.165, 1.54) is 0 Å². The summed E-state index contributed by atoms with van der Waals surface area (Å²) in [6.07, 6.45) is 0.167. The Morgan fingerprint density at radius 1 is 1.44 bits per heavy atom. The van der Waals surface area contributed by atoms with Crippen molar-refractivity contribution < 1.29 is 9.53 Å². The second kappa shape index (κ2) is 6.25. The van der Waals surface area contributed by atoms with Crippen LogP contribution in [0.5, 0.6) is 0 Å². The number of carbonyl (C=O) groups excluding carboxylic acids is 1. The predicted octanol–water partition coefficient (Wildman–Crippen LogP) is 0.910. The van der Waals surface area contributed by atoms with Gasteiger partial charge >= 0.3 is 0 Å². The van der Waals surface area contributed by atoms with Crippen LogP contribution in [-0.4, -0.2) is 25.6 Å². The number of hydrogen-bond donors (Lipinski definition) is 2. The third-order valence-electron chi connectivity index (χ3n) is 2.26. The molecule has 1 unspecified atom stereocenters. The summed E-state index contributed by atoms with van der Waals surface area (Å²) in [5, 5.41) is 3.04. The molecule has 0 fully saturated rings. The second-order valence-corrected chi connectivity index (χ2v) is 3.74. The molecule has 88 valence electrons. The van der Waals surface area contributed by atoms with Gasteiger partial charge in [0.25, 0.3) is 0 Å². The molecule has 4 heteroatoms. The molecule has 4 nitrogen and oxygen atoms in total. The fraction of sp³-hybridized carbons (Fsp3) is 0.417. The van der Waals surface area contributed by atoms with Crippen LogP contribution < -0.4 is 11.1 Å². The van der Waals surface area contributed by atoms with Crippen molar-refractivity contribution in [3.8, 4) is 0 Å². The zero-order valence-corrected chi connectivity index (χ0v) is 9.69. The van der Waals surface area contributed by atoms with E-state index in [0.29, 0.717) is 12.2 Å². The number of primary amides is 1. The Morgan fingerprint density at radius 3 is 2.56 bits per heavy atom. The average molecular weight is 222 g/mol. The lowest BCUT2D eigenvalue weighted by Crippen LogP contribution is -2.23. The van der Waals surface area contributed by atoms with Crippen LogP contribution >= 0.6 is 0 Å². The van der Waals surface area contributed by atoms with Gasteiger partial charge in [0, 0.05) is 12.1 Å². The normalized spacial score (nSPS) is 12.4. The number of rotatable bonds is 6. The number of likely N-dealkylation sites (N-methyl/N-ethyl adjacent to an activating group) is 1. The fourth-order valence-electron chi connectivity index (χ4n) is 1.35. The first-order valence-electron chi connectivity index (χ1n) is 5.28. The lowest BCUT2D eigenvalue weighted by molar-refractivity contribution is 0.0545. The third-order valence-corrected chi connectivity index (χ3v) is 2.26. The Kier molecular flexibility index (Phi) is 4.95. The zero-order valence-electron chi connectivity index (χ0n) is 9.69. The smallest absolute Gasteiger partial charge is 0.248 e. The van der Waals surface area contributed by atoms with Crippen LogP contribution in [0.15, 0.2) is 24.3 Å². The molecule has 1 rings (SSSR count). The van der Waals surface area contributed by atoms with Gasteiger partial charge in [-0.25, -0.2) is 0 Å². The molecule has 0 radical (unpaired) electrons. The maximum atomic E-state index is 10.8. The van der Waals surface area contributed by atoms with Gasteiger partial charge in [0.15, 0.2) is 0 Å².